The van der Waals surface area contributed by atoms with Gasteiger partial charge in [0, 0.05) is 36.4 Å². The van der Waals surface area contributed by atoms with Crippen molar-refractivity contribution in [3.05, 3.63) is 187 Å². The fourth-order valence-corrected chi connectivity index (χ4v) is 10.5. The summed E-state index contributed by atoms with van der Waals surface area (Å²) < 4.78 is 52.4. The molecule has 8 rings (SSSR count). The Morgan fingerprint density at radius 2 is 1.45 bits per heavy atom. The molecule has 19 nitrogen and oxygen atoms in total. The second kappa shape index (κ2) is 22.6. The van der Waals surface area contributed by atoms with Crippen LogP contribution in [-0.4, -0.2) is 88.6 Å². The number of H-pyrrole nitrogens is 1. The molecule has 0 radical (unpaired) electrons. The highest BCUT2D eigenvalue weighted by molar-refractivity contribution is 8.07. The Labute approximate surface area is 412 Å². The number of nitrogens with zero attached hydrogens (tertiary/aromatic N) is 4. The van der Waals surface area contributed by atoms with Crippen LogP contribution in [0.2, 0.25) is 0 Å². The lowest BCUT2D eigenvalue weighted by molar-refractivity contribution is -0.0941. The maximum absolute atomic E-state index is 13.3. The van der Waals surface area contributed by atoms with Gasteiger partial charge in [0.25, 0.3) is 11.5 Å². The van der Waals surface area contributed by atoms with Crippen LogP contribution in [0.4, 0.5) is 5.82 Å². The Morgan fingerprint density at radius 3 is 2.07 bits per heavy atom. The number of carbonyl (C=O) groups excluding carboxylic acids is 1. The number of carbonyl (C=O) groups is 1. The van der Waals surface area contributed by atoms with Crippen molar-refractivity contribution in [2.24, 2.45) is 0 Å². The van der Waals surface area contributed by atoms with E-state index in [1.165, 1.54) is 27.6 Å². The van der Waals surface area contributed by atoms with Gasteiger partial charge in [-0.15, -0.1) is 0 Å². The third-order valence-electron chi connectivity index (χ3n) is 12.0. The zero-order valence-corrected chi connectivity index (χ0v) is 40.5. The molecule has 2 aliphatic heterocycles. The molecule has 0 saturated carbocycles. The van der Waals surface area contributed by atoms with E-state index in [1.807, 2.05) is 84.9 Å². The molecule has 21 heteroatoms. The number of rotatable bonds is 20. The number of methoxy groups -OCH3 is 2. The number of aryl methyl sites for hydroxylation is 1. The van der Waals surface area contributed by atoms with E-state index >= 15 is 0 Å². The van der Waals surface area contributed by atoms with Crippen LogP contribution in [0.1, 0.15) is 64.3 Å². The molecule has 0 bridgehead atoms. The van der Waals surface area contributed by atoms with E-state index in [4.69, 9.17) is 49.1 Å². The molecule has 3 N–H and O–H groups in total. The first-order valence-electron chi connectivity index (χ1n) is 22.5. The molecular formula is C50H51N6O13PS. The van der Waals surface area contributed by atoms with Gasteiger partial charge in [0.15, 0.2) is 0 Å². The molecule has 6 aromatic rings. The number of amides is 1. The van der Waals surface area contributed by atoms with Gasteiger partial charge in [-0.3, -0.25) is 23.7 Å². The average molecular weight is 1010 g/mol. The van der Waals surface area contributed by atoms with Crippen LogP contribution in [0, 0.1) is 18.3 Å². The summed E-state index contributed by atoms with van der Waals surface area (Å²) in [5, 5.41) is 23.3. The first-order valence-corrected chi connectivity index (χ1v) is 25.1. The first-order chi connectivity index (χ1) is 34.3. The molecule has 2 saturated heterocycles. The third-order valence-corrected chi connectivity index (χ3v) is 14.4. The zero-order valence-electron chi connectivity index (χ0n) is 38.8. The van der Waals surface area contributed by atoms with E-state index in [9.17, 15) is 29.5 Å². The number of hydrogen-bond donors (Lipinski definition) is 3. The van der Waals surface area contributed by atoms with Crippen LogP contribution in [0.3, 0.4) is 0 Å². The van der Waals surface area contributed by atoms with Gasteiger partial charge in [-0.1, -0.05) is 72.8 Å². The largest absolute Gasteiger partial charge is 0.497 e. The van der Waals surface area contributed by atoms with Crippen molar-refractivity contribution in [3.63, 3.8) is 0 Å². The van der Waals surface area contributed by atoms with Crippen LogP contribution in [0.25, 0.3) is 0 Å². The summed E-state index contributed by atoms with van der Waals surface area (Å²) in [6.45, 7) is -3.06. The molecule has 71 heavy (non-hydrogen) atoms. The Balaban J connectivity index is 1.07. The van der Waals surface area contributed by atoms with Crippen molar-refractivity contribution in [2.75, 3.05) is 39.4 Å². The molecule has 2 aliphatic rings. The predicted molar refractivity (Wildman–Crippen MR) is 262 cm³/mol. The molecule has 7 atom stereocenters. The number of hydrogen-bond acceptors (Lipinski definition) is 16. The highest BCUT2D eigenvalue weighted by Crippen LogP contribution is 2.54. The number of aromatic amines is 1. The second-order valence-corrected chi connectivity index (χ2v) is 19.5. The predicted octanol–water partition coefficient (Wildman–Crippen LogP) is 5.87. The van der Waals surface area contributed by atoms with Gasteiger partial charge >= 0.3 is 18.1 Å². The van der Waals surface area contributed by atoms with Crippen molar-refractivity contribution >= 4 is 30.3 Å². The first kappa shape index (κ1) is 50.7. The van der Waals surface area contributed by atoms with E-state index in [2.05, 4.69) is 15.3 Å². The third kappa shape index (κ3) is 11.6. The van der Waals surface area contributed by atoms with E-state index < -0.39 is 72.0 Å². The highest BCUT2D eigenvalue weighted by atomic mass is 32.5. The molecule has 0 aliphatic carbocycles. The Bertz CT molecular complexity index is 3010. The van der Waals surface area contributed by atoms with Gasteiger partial charge in [-0.2, -0.15) is 10.2 Å². The van der Waals surface area contributed by atoms with Crippen molar-refractivity contribution in [2.45, 2.75) is 68.7 Å². The number of aromatic nitrogens is 4. The van der Waals surface area contributed by atoms with E-state index in [1.54, 1.807) is 51.5 Å². The molecule has 2 fully saturated rings. The molecule has 370 valence electrons. The smallest absolute Gasteiger partial charge is 0.351 e. The average Bonchev–Trinajstić information content (AvgIpc) is 3.96. The van der Waals surface area contributed by atoms with Gasteiger partial charge < -0.3 is 47.7 Å². The number of aliphatic hydroxyl groups excluding tert-OH is 1. The molecule has 4 heterocycles. The second-order valence-electron chi connectivity index (χ2n) is 16.5. The minimum atomic E-state index is -3.90. The number of ether oxygens (including phenoxy) is 5. The van der Waals surface area contributed by atoms with Crippen molar-refractivity contribution in [3.8, 4) is 17.6 Å². The van der Waals surface area contributed by atoms with Crippen molar-refractivity contribution in [1.82, 2.24) is 19.1 Å². The lowest BCUT2D eigenvalue weighted by Crippen LogP contribution is -2.38. The van der Waals surface area contributed by atoms with Gasteiger partial charge in [0.1, 0.15) is 47.6 Å². The quantitative estimate of drug-likeness (QED) is 0.0460. The standard InChI is InChI=1S/C50H51N6O13PS/c1-32-29-56(49(61)54-46(32)58)45-28-40(42(68-45)30-64-50(34-13-8-5-9-14-34,35-15-19-37(62-2)20-16-35)36-17-21-38(63-3)22-18-36)69-70(71,65-26-10-24-51)66-31-41-39(57)27-44(67-41)55-25-23-43(53-48(55)60)52-47(59)33-11-6-4-7-12-33/h4-9,11-23,25,29,39-42,44-45,57H,10,26-28,30-31H2,1-3H3,(H,54,58,61)(H,52,53,59,60)/t39-,40-,41+,42+,44+,45+,70?/m0/s1. The maximum Gasteiger partial charge on any atom is 0.351 e. The van der Waals surface area contributed by atoms with Crippen LogP contribution in [0.15, 0.2) is 142 Å². The minimum Gasteiger partial charge on any atom is -0.497 e. The Hall–Kier alpha value is -6.63. The molecule has 0 spiro atoms. The number of aliphatic hydroxyl groups is 1. The highest BCUT2D eigenvalue weighted by Gasteiger charge is 2.46. The molecule has 4 aromatic carbocycles. The van der Waals surface area contributed by atoms with Gasteiger partial charge in [-0.05, 0) is 77.9 Å². The fourth-order valence-electron chi connectivity index (χ4n) is 8.36. The van der Waals surface area contributed by atoms with Crippen LogP contribution in [-0.2, 0) is 45.2 Å². The summed E-state index contributed by atoms with van der Waals surface area (Å²) >= 11 is 6.02. The van der Waals surface area contributed by atoms with Gasteiger partial charge in [0.05, 0.1) is 58.7 Å². The van der Waals surface area contributed by atoms with Gasteiger partial charge in [-0.25, -0.2) is 9.59 Å². The van der Waals surface area contributed by atoms with E-state index in [-0.39, 0.29) is 50.5 Å². The summed E-state index contributed by atoms with van der Waals surface area (Å²) in [5.74, 6) is 0.834. The van der Waals surface area contributed by atoms with Crippen LogP contribution in [0.5, 0.6) is 11.5 Å². The van der Waals surface area contributed by atoms with E-state index in [0.717, 1.165) is 16.7 Å². The van der Waals surface area contributed by atoms with Crippen molar-refractivity contribution in [1.29, 1.82) is 5.26 Å². The lowest BCUT2D eigenvalue weighted by atomic mass is 9.80. The topological polar surface area (TPSA) is 237 Å². The summed E-state index contributed by atoms with van der Waals surface area (Å²) in [7, 11) is 3.16. The molecule has 1 amide bonds. The minimum absolute atomic E-state index is 0.00543. The van der Waals surface area contributed by atoms with E-state index in [0.29, 0.717) is 17.1 Å². The molecule has 2 aromatic heterocycles. The number of anilines is 1. The summed E-state index contributed by atoms with van der Waals surface area (Å²) in [6, 6.07) is 36.4. The SMILES string of the molecule is COc1ccc(C(OC[C@H]2O[C@@H](n3cc(C)c(=O)[nH]c3=O)C[C@@H]2OP(=S)(OCCC#N)OC[C@H]2O[C@@H](n3ccc(NC(=O)c4ccccc4)nc3=O)C[C@@H]2O)(c2ccccc2)c2ccc(OC)cc2)cc1. The molecular weight excluding hydrogens is 956 g/mol. The van der Waals surface area contributed by atoms with Crippen molar-refractivity contribution < 1.29 is 47.2 Å². The zero-order chi connectivity index (χ0) is 50.1. The molecule has 1 unspecified atom stereocenters. The maximum atomic E-state index is 13.3. The van der Waals surface area contributed by atoms with Crippen LogP contribution < -0.4 is 31.7 Å². The number of benzene rings is 4. The summed E-state index contributed by atoms with van der Waals surface area (Å²) in [4.78, 5) is 58.0. The number of nitrogens with one attached hydrogen (secondary N) is 2. The monoisotopic (exact) mass is 1010 g/mol. The Kier molecular flexibility index (Phi) is 16.2. The summed E-state index contributed by atoms with van der Waals surface area (Å²) in [6.07, 6.45) is -3.45. The normalized spacial score (nSPS) is 20.7. The lowest BCUT2D eigenvalue weighted by Gasteiger charge is -2.37. The Morgan fingerprint density at radius 1 is 0.845 bits per heavy atom. The van der Waals surface area contributed by atoms with Gasteiger partial charge in [0.2, 0.25) is 0 Å². The number of nitriles is 1. The van der Waals surface area contributed by atoms with Crippen LogP contribution >= 0.6 is 6.72 Å². The summed E-state index contributed by atoms with van der Waals surface area (Å²) in [5.41, 5.74) is -0.422. The fraction of sp³-hybridized carbons (Fsp3) is 0.320.